The Kier molecular flexibility index (Phi) is 3.17. The highest BCUT2D eigenvalue weighted by atomic mass is 19.1. The zero-order chi connectivity index (χ0) is 15.0. The Morgan fingerprint density at radius 2 is 1.76 bits per heavy atom. The van der Waals surface area contributed by atoms with Crippen molar-refractivity contribution in [2.24, 2.45) is 0 Å². The standard InChI is InChI=1S/C16H13F2N3/c1-9-7-10-11(8-20-9)14(19)5-6-15(10)21-16-12(17)3-2-4-13(16)18/h2-8,21H,19H2,1H3. The zero-order valence-electron chi connectivity index (χ0n) is 11.3. The summed E-state index contributed by atoms with van der Waals surface area (Å²) in [7, 11) is 0. The molecule has 1 aromatic heterocycles. The van der Waals surface area contributed by atoms with Crippen LogP contribution in [0.25, 0.3) is 10.8 Å². The van der Waals surface area contributed by atoms with Gasteiger partial charge >= 0.3 is 0 Å². The van der Waals surface area contributed by atoms with Crippen molar-refractivity contribution in [2.45, 2.75) is 6.92 Å². The lowest BCUT2D eigenvalue weighted by Crippen LogP contribution is -1.99. The lowest BCUT2D eigenvalue weighted by Gasteiger charge is -2.13. The fourth-order valence-corrected chi connectivity index (χ4v) is 2.23. The molecule has 0 aliphatic heterocycles. The quantitative estimate of drug-likeness (QED) is 0.695. The predicted octanol–water partition coefficient (Wildman–Crippen LogP) is 4.15. The minimum Gasteiger partial charge on any atom is -0.398 e. The number of benzene rings is 2. The van der Waals surface area contributed by atoms with Crippen molar-refractivity contribution < 1.29 is 8.78 Å². The molecule has 3 nitrogen and oxygen atoms in total. The van der Waals surface area contributed by atoms with E-state index in [9.17, 15) is 8.78 Å². The van der Waals surface area contributed by atoms with Crippen LogP contribution in [-0.2, 0) is 0 Å². The molecule has 1 heterocycles. The second-order valence-electron chi connectivity index (χ2n) is 4.80. The van der Waals surface area contributed by atoms with E-state index >= 15 is 0 Å². The van der Waals surface area contributed by atoms with Gasteiger partial charge in [-0.1, -0.05) is 6.07 Å². The third kappa shape index (κ3) is 2.38. The molecule has 106 valence electrons. The minimum absolute atomic E-state index is 0.182. The molecule has 3 N–H and O–H groups in total. The number of nitrogens with zero attached hydrogens (tertiary/aromatic N) is 1. The van der Waals surface area contributed by atoms with Crippen LogP contribution in [0, 0.1) is 18.6 Å². The SMILES string of the molecule is Cc1cc2c(Nc3c(F)cccc3F)ccc(N)c2cn1. The molecule has 3 aromatic rings. The fourth-order valence-electron chi connectivity index (χ4n) is 2.23. The number of nitrogens with two attached hydrogens (primary N) is 1. The van der Waals surface area contributed by atoms with E-state index in [0.717, 1.165) is 16.5 Å². The van der Waals surface area contributed by atoms with Crippen molar-refractivity contribution in [3.05, 3.63) is 59.9 Å². The van der Waals surface area contributed by atoms with Crippen molar-refractivity contribution in [1.82, 2.24) is 4.98 Å². The third-order valence-corrected chi connectivity index (χ3v) is 3.29. The van der Waals surface area contributed by atoms with Gasteiger partial charge in [0.2, 0.25) is 0 Å². The van der Waals surface area contributed by atoms with Gasteiger partial charge in [-0.2, -0.15) is 0 Å². The van der Waals surface area contributed by atoms with Crippen molar-refractivity contribution in [3.8, 4) is 0 Å². The Morgan fingerprint density at radius 3 is 2.48 bits per heavy atom. The molecule has 5 heteroatoms. The summed E-state index contributed by atoms with van der Waals surface area (Å²) < 4.78 is 27.5. The third-order valence-electron chi connectivity index (χ3n) is 3.29. The van der Waals surface area contributed by atoms with Crippen LogP contribution >= 0.6 is 0 Å². The van der Waals surface area contributed by atoms with Crippen LogP contribution in [0.15, 0.2) is 42.6 Å². The maximum absolute atomic E-state index is 13.8. The molecule has 3 rings (SSSR count). The summed E-state index contributed by atoms with van der Waals surface area (Å²) in [6.45, 7) is 1.84. The molecular weight excluding hydrogens is 272 g/mol. The lowest BCUT2D eigenvalue weighted by molar-refractivity contribution is 0.591. The molecule has 0 aliphatic rings. The minimum atomic E-state index is -0.647. The summed E-state index contributed by atoms with van der Waals surface area (Å²) in [4.78, 5) is 4.20. The highest BCUT2D eigenvalue weighted by Gasteiger charge is 2.11. The van der Waals surface area contributed by atoms with Gasteiger partial charge in [0, 0.05) is 34.0 Å². The largest absolute Gasteiger partial charge is 0.398 e. The number of nitrogens with one attached hydrogen (secondary N) is 1. The van der Waals surface area contributed by atoms with E-state index in [1.54, 1.807) is 18.3 Å². The molecule has 0 radical (unpaired) electrons. The summed E-state index contributed by atoms with van der Waals surface area (Å²) >= 11 is 0. The molecule has 0 aliphatic carbocycles. The normalized spacial score (nSPS) is 10.8. The second kappa shape index (κ2) is 5.01. The zero-order valence-corrected chi connectivity index (χ0v) is 11.3. The molecule has 0 bridgehead atoms. The van der Waals surface area contributed by atoms with Gasteiger partial charge in [0.25, 0.3) is 0 Å². The average molecular weight is 285 g/mol. The summed E-state index contributed by atoms with van der Waals surface area (Å²) in [5.74, 6) is -1.29. The number of aryl methyl sites for hydroxylation is 1. The first kappa shape index (κ1) is 13.3. The molecule has 0 saturated heterocycles. The van der Waals surface area contributed by atoms with Crippen molar-refractivity contribution >= 4 is 27.8 Å². The molecule has 2 aromatic carbocycles. The van der Waals surface area contributed by atoms with Crippen LogP contribution in [0.2, 0.25) is 0 Å². The molecule has 0 fully saturated rings. The second-order valence-corrected chi connectivity index (χ2v) is 4.80. The van der Waals surface area contributed by atoms with E-state index in [2.05, 4.69) is 10.3 Å². The lowest BCUT2D eigenvalue weighted by atomic mass is 10.1. The summed E-state index contributed by atoms with van der Waals surface area (Å²) in [6.07, 6.45) is 1.66. The van der Waals surface area contributed by atoms with E-state index in [1.165, 1.54) is 18.2 Å². The monoisotopic (exact) mass is 285 g/mol. The van der Waals surface area contributed by atoms with Gasteiger partial charge in [0.05, 0.1) is 0 Å². The maximum atomic E-state index is 13.8. The molecule has 0 unspecified atom stereocenters. The number of nitrogen functional groups attached to an aromatic ring is 1. The summed E-state index contributed by atoms with van der Waals surface area (Å²) in [5.41, 5.74) is 7.67. The highest BCUT2D eigenvalue weighted by Crippen LogP contribution is 2.32. The van der Waals surface area contributed by atoms with Gasteiger partial charge in [-0.3, -0.25) is 4.98 Å². The van der Waals surface area contributed by atoms with Crippen molar-refractivity contribution in [3.63, 3.8) is 0 Å². The maximum Gasteiger partial charge on any atom is 0.149 e. The van der Waals surface area contributed by atoms with Gasteiger partial charge in [0.1, 0.15) is 17.3 Å². The van der Waals surface area contributed by atoms with Crippen molar-refractivity contribution in [2.75, 3.05) is 11.1 Å². The van der Waals surface area contributed by atoms with Gasteiger partial charge < -0.3 is 11.1 Å². The summed E-state index contributed by atoms with van der Waals surface area (Å²) in [5, 5.41) is 4.31. The molecule has 0 amide bonds. The number of para-hydroxylation sites is 1. The van der Waals surface area contributed by atoms with Gasteiger partial charge in [0.15, 0.2) is 0 Å². The molecule has 21 heavy (non-hydrogen) atoms. The van der Waals surface area contributed by atoms with Gasteiger partial charge in [-0.25, -0.2) is 8.78 Å². The Labute approximate surface area is 120 Å². The Morgan fingerprint density at radius 1 is 1.05 bits per heavy atom. The van der Waals surface area contributed by atoms with Crippen LogP contribution in [0.5, 0.6) is 0 Å². The Balaban J connectivity index is 2.17. The van der Waals surface area contributed by atoms with E-state index in [1.807, 2.05) is 13.0 Å². The highest BCUT2D eigenvalue weighted by molar-refractivity contribution is 6.01. The van der Waals surface area contributed by atoms with Crippen molar-refractivity contribution in [1.29, 1.82) is 0 Å². The molecule has 0 spiro atoms. The average Bonchev–Trinajstić information content (AvgIpc) is 2.45. The number of hydrogen-bond acceptors (Lipinski definition) is 3. The Hall–Kier alpha value is -2.69. The first-order valence-corrected chi connectivity index (χ1v) is 6.42. The number of rotatable bonds is 2. The van der Waals surface area contributed by atoms with E-state index < -0.39 is 11.6 Å². The predicted molar refractivity (Wildman–Crippen MR) is 80.5 cm³/mol. The first-order chi connectivity index (χ1) is 10.1. The smallest absolute Gasteiger partial charge is 0.149 e. The van der Waals surface area contributed by atoms with Crippen LogP contribution in [0.4, 0.5) is 25.8 Å². The van der Waals surface area contributed by atoms with E-state index in [0.29, 0.717) is 11.4 Å². The number of anilines is 3. The summed E-state index contributed by atoms with van der Waals surface area (Å²) in [6, 6.07) is 8.94. The number of halogens is 2. The number of fused-ring (bicyclic) bond motifs is 1. The van der Waals surface area contributed by atoms with E-state index in [4.69, 9.17) is 5.73 Å². The molecular formula is C16H13F2N3. The van der Waals surface area contributed by atoms with Gasteiger partial charge in [-0.05, 0) is 37.3 Å². The number of pyridine rings is 1. The topological polar surface area (TPSA) is 50.9 Å². The number of aromatic nitrogens is 1. The molecule has 0 atom stereocenters. The molecule has 0 saturated carbocycles. The van der Waals surface area contributed by atoms with Gasteiger partial charge in [-0.15, -0.1) is 0 Å². The number of hydrogen-bond donors (Lipinski definition) is 2. The van der Waals surface area contributed by atoms with Crippen LogP contribution in [0.1, 0.15) is 5.69 Å². The van der Waals surface area contributed by atoms with Crippen LogP contribution < -0.4 is 11.1 Å². The fraction of sp³-hybridized carbons (Fsp3) is 0.0625. The van der Waals surface area contributed by atoms with Crippen LogP contribution in [-0.4, -0.2) is 4.98 Å². The first-order valence-electron chi connectivity index (χ1n) is 6.42. The van der Waals surface area contributed by atoms with Crippen LogP contribution in [0.3, 0.4) is 0 Å². The van der Waals surface area contributed by atoms with E-state index in [-0.39, 0.29) is 5.69 Å². The Bertz CT molecular complexity index is 811.